The van der Waals surface area contributed by atoms with E-state index in [1.54, 1.807) is 5.01 Å². The number of aryl methyl sites for hydroxylation is 1. The molecule has 4 heteroatoms. The predicted octanol–water partition coefficient (Wildman–Crippen LogP) is 2.67. The fourth-order valence-corrected chi connectivity index (χ4v) is 1.98. The summed E-state index contributed by atoms with van der Waals surface area (Å²) in [5, 5.41) is 1.54. The topological polar surface area (TPSA) is 55.0 Å². The van der Waals surface area contributed by atoms with Gasteiger partial charge in [-0.15, -0.1) is 0 Å². The molecule has 0 atom stereocenters. The minimum atomic E-state index is 0.572. The summed E-state index contributed by atoms with van der Waals surface area (Å²) in [6.07, 6.45) is 2.46. The van der Waals surface area contributed by atoms with Crippen LogP contribution in [-0.4, -0.2) is 9.97 Å². The first-order valence-electron chi connectivity index (χ1n) is 6.19. The summed E-state index contributed by atoms with van der Waals surface area (Å²) in [4.78, 5) is 8.97. The van der Waals surface area contributed by atoms with E-state index in [0.29, 0.717) is 11.9 Å². The van der Waals surface area contributed by atoms with Crippen molar-refractivity contribution in [1.82, 2.24) is 9.97 Å². The second-order valence-electron chi connectivity index (χ2n) is 4.71. The van der Waals surface area contributed by atoms with Crippen LogP contribution in [-0.2, 0) is 0 Å². The fraction of sp³-hybridized carbons (Fsp3) is 0.286. The lowest BCUT2D eigenvalue weighted by molar-refractivity contribution is 0.908. The van der Waals surface area contributed by atoms with E-state index in [1.807, 2.05) is 37.3 Å². The van der Waals surface area contributed by atoms with Crippen molar-refractivity contribution in [2.45, 2.75) is 25.7 Å². The zero-order valence-electron chi connectivity index (χ0n) is 10.4. The maximum absolute atomic E-state index is 6.08. The van der Waals surface area contributed by atoms with Crippen molar-refractivity contribution in [1.29, 1.82) is 0 Å². The van der Waals surface area contributed by atoms with Crippen LogP contribution in [0.1, 0.15) is 30.1 Å². The number of rotatable bonds is 3. The number of hydrazine groups is 1. The summed E-state index contributed by atoms with van der Waals surface area (Å²) in [7, 11) is 0. The molecule has 0 radical (unpaired) electrons. The highest BCUT2D eigenvalue weighted by molar-refractivity contribution is 5.55. The maximum atomic E-state index is 6.08. The molecule has 1 aromatic carbocycles. The van der Waals surface area contributed by atoms with E-state index in [-0.39, 0.29) is 0 Å². The normalized spacial score (nSPS) is 14.6. The Bertz CT molecular complexity index is 549. The Balaban J connectivity index is 1.96. The number of hydrogen-bond donors (Lipinski definition) is 1. The number of nitrogens with two attached hydrogens (primary N) is 1. The molecule has 0 bridgehead atoms. The number of benzene rings is 1. The summed E-state index contributed by atoms with van der Waals surface area (Å²) in [5.41, 5.74) is 2.97. The van der Waals surface area contributed by atoms with Gasteiger partial charge >= 0.3 is 0 Å². The monoisotopic (exact) mass is 240 g/mol. The van der Waals surface area contributed by atoms with Gasteiger partial charge in [-0.2, -0.15) is 0 Å². The molecule has 0 unspecified atom stereocenters. The third-order valence-corrected chi connectivity index (χ3v) is 3.11. The van der Waals surface area contributed by atoms with Gasteiger partial charge in [0.2, 0.25) is 5.95 Å². The Morgan fingerprint density at radius 1 is 1.17 bits per heavy atom. The summed E-state index contributed by atoms with van der Waals surface area (Å²) in [6.45, 7) is 1.98. The molecule has 2 aromatic rings. The molecule has 1 aliphatic carbocycles. The van der Waals surface area contributed by atoms with Gasteiger partial charge in [0.25, 0.3) is 0 Å². The third-order valence-electron chi connectivity index (χ3n) is 3.11. The van der Waals surface area contributed by atoms with E-state index in [0.717, 1.165) is 17.1 Å². The van der Waals surface area contributed by atoms with E-state index in [9.17, 15) is 0 Å². The quantitative estimate of drug-likeness (QED) is 0.662. The second kappa shape index (κ2) is 4.38. The Kier molecular flexibility index (Phi) is 2.72. The first kappa shape index (κ1) is 11.2. The van der Waals surface area contributed by atoms with Gasteiger partial charge in [0.15, 0.2) is 0 Å². The Labute approximate surface area is 106 Å². The van der Waals surface area contributed by atoms with Crippen LogP contribution in [0.3, 0.4) is 0 Å². The molecule has 1 heterocycles. The van der Waals surface area contributed by atoms with Crippen LogP contribution in [0.4, 0.5) is 11.6 Å². The summed E-state index contributed by atoms with van der Waals surface area (Å²) in [6, 6.07) is 11.8. The summed E-state index contributed by atoms with van der Waals surface area (Å²) >= 11 is 0. The molecule has 18 heavy (non-hydrogen) atoms. The number of nitrogens with zero attached hydrogens (tertiary/aromatic N) is 3. The molecule has 2 N–H and O–H groups in total. The average molecular weight is 240 g/mol. The molecule has 0 amide bonds. The van der Waals surface area contributed by atoms with Gasteiger partial charge in [-0.25, -0.2) is 20.8 Å². The van der Waals surface area contributed by atoms with Crippen molar-refractivity contribution in [3.05, 3.63) is 47.8 Å². The van der Waals surface area contributed by atoms with Crippen LogP contribution in [0.15, 0.2) is 36.4 Å². The molecule has 1 aromatic heterocycles. The number of para-hydroxylation sites is 1. The van der Waals surface area contributed by atoms with E-state index >= 15 is 0 Å². The molecular formula is C14H16N4. The highest BCUT2D eigenvalue weighted by Gasteiger charge is 2.26. The van der Waals surface area contributed by atoms with E-state index in [4.69, 9.17) is 5.84 Å². The molecule has 92 valence electrons. The van der Waals surface area contributed by atoms with Crippen molar-refractivity contribution in [2.24, 2.45) is 5.84 Å². The number of aromatic nitrogens is 2. The molecule has 1 fully saturated rings. The number of anilines is 2. The lowest BCUT2D eigenvalue weighted by Gasteiger charge is -2.17. The molecule has 0 saturated heterocycles. The predicted molar refractivity (Wildman–Crippen MR) is 71.5 cm³/mol. The standard InChI is InChI=1S/C14H16N4/c1-10-9-13(11-7-8-11)17-14(16-10)18(15)12-5-3-2-4-6-12/h2-6,9,11H,7-8,15H2,1H3. The van der Waals surface area contributed by atoms with Crippen molar-refractivity contribution in [3.8, 4) is 0 Å². The van der Waals surface area contributed by atoms with Crippen molar-refractivity contribution in [3.63, 3.8) is 0 Å². The van der Waals surface area contributed by atoms with Crippen molar-refractivity contribution in [2.75, 3.05) is 5.01 Å². The van der Waals surface area contributed by atoms with Crippen LogP contribution in [0.5, 0.6) is 0 Å². The molecule has 0 aliphatic heterocycles. The zero-order chi connectivity index (χ0) is 12.5. The van der Waals surface area contributed by atoms with E-state index < -0.39 is 0 Å². The first-order chi connectivity index (χ1) is 8.74. The Hall–Kier alpha value is -1.94. The van der Waals surface area contributed by atoms with E-state index in [1.165, 1.54) is 12.8 Å². The highest BCUT2D eigenvalue weighted by Crippen LogP contribution is 2.39. The van der Waals surface area contributed by atoms with E-state index in [2.05, 4.69) is 16.0 Å². The molecule has 1 aliphatic rings. The van der Waals surface area contributed by atoms with Crippen LogP contribution in [0, 0.1) is 6.92 Å². The largest absolute Gasteiger partial charge is 0.246 e. The third kappa shape index (κ3) is 2.19. The molecule has 0 spiro atoms. The summed E-state index contributed by atoms with van der Waals surface area (Å²) in [5.74, 6) is 7.26. The Morgan fingerprint density at radius 3 is 2.56 bits per heavy atom. The van der Waals surface area contributed by atoms with Gasteiger partial charge in [-0.3, -0.25) is 0 Å². The lowest BCUT2D eigenvalue weighted by atomic mass is 10.2. The molecular weight excluding hydrogens is 224 g/mol. The van der Waals surface area contributed by atoms with Gasteiger partial charge in [0.1, 0.15) is 0 Å². The molecule has 3 rings (SSSR count). The molecule has 1 saturated carbocycles. The Morgan fingerprint density at radius 2 is 1.89 bits per heavy atom. The minimum absolute atomic E-state index is 0.572. The average Bonchev–Trinajstić information content (AvgIpc) is 3.22. The first-order valence-corrected chi connectivity index (χ1v) is 6.19. The van der Waals surface area contributed by atoms with Gasteiger partial charge in [-0.05, 0) is 38.0 Å². The van der Waals surface area contributed by atoms with Gasteiger partial charge in [-0.1, -0.05) is 18.2 Å². The van der Waals surface area contributed by atoms with Gasteiger partial charge in [0, 0.05) is 17.3 Å². The van der Waals surface area contributed by atoms with Crippen LogP contribution in [0.2, 0.25) is 0 Å². The summed E-state index contributed by atoms with van der Waals surface area (Å²) < 4.78 is 0. The van der Waals surface area contributed by atoms with Crippen LogP contribution in [0.25, 0.3) is 0 Å². The minimum Gasteiger partial charge on any atom is -0.246 e. The van der Waals surface area contributed by atoms with Crippen molar-refractivity contribution >= 4 is 11.6 Å². The molecule has 4 nitrogen and oxygen atoms in total. The second-order valence-corrected chi connectivity index (χ2v) is 4.71. The SMILES string of the molecule is Cc1cc(C2CC2)nc(N(N)c2ccccc2)n1. The van der Waals surface area contributed by atoms with Gasteiger partial charge < -0.3 is 0 Å². The fourth-order valence-electron chi connectivity index (χ4n) is 1.98. The van der Waals surface area contributed by atoms with Crippen LogP contribution < -0.4 is 10.9 Å². The van der Waals surface area contributed by atoms with Gasteiger partial charge in [0.05, 0.1) is 5.69 Å². The lowest BCUT2D eigenvalue weighted by Crippen LogP contribution is -2.27. The van der Waals surface area contributed by atoms with Crippen LogP contribution >= 0.6 is 0 Å². The number of hydrogen-bond acceptors (Lipinski definition) is 4. The zero-order valence-corrected chi connectivity index (χ0v) is 10.4. The smallest absolute Gasteiger partial charge is 0.245 e. The van der Waals surface area contributed by atoms with Crippen molar-refractivity contribution < 1.29 is 0 Å². The maximum Gasteiger partial charge on any atom is 0.245 e. The highest BCUT2D eigenvalue weighted by atomic mass is 15.5.